The van der Waals surface area contributed by atoms with Crippen LogP contribution in [0.3, 0.4) is 0 Å². The standard InChI is InChI=1S/C12H8.C6H16N2.2Li/c1-3-7-11(8-4-1)12-9-5-2-6-10-12;1-7(2)5-6-8(3)4;;/h1-7,9H;5-6H2,1-4H3;;/q-2;;2*+1. The van der Waals surface area contributed by atoms with Crippen LogP contribution in [0.5, 0.6) is 0 Å². The Labute approximate surface area is 160 Å². The molecule has 0 aromatic heterocycles. The van der Waals surface area contributed by atoms with Gasteiger partial charge in [-0.3, -0.25) is 0 Å². The summed E-state index contributed by atoms with van der Waals surface area (Å²) in [6, 6.07) is 22.1. The predicted octanol–water partition coefficient (Wildman–Crippen LogP) is -2.93. The molecule has 0 aliphatic rings. The van der Waals surface area contributed by atoms with Crippen molar-refractivity contribution < 1.29 is 37.7 Å². The van der Waals surface area contributed by atoms with Crippen LogP contribution in [0.4, 0.5) is 0 Å². The Balaban J connectivity index is 0. The maximum Gasteiger partial charge on any atom is 1.00 e. The number of benzene rings is 2. The second-order valence-electron chi connectivity index (χ2n) is 5.16. The summed E-state index contributed by atoms with van der Waals surface area (Å²) in [5.74, 6) is 0. The molecule has 0 unspecified atom stereocenters. The van der Waals surface area contributed by atoms with Gasteiger partial charge in [-0.2, -0.15) is 48.5 Å². The van der Waals surface area contributed by atoms with Gasteiger partial charge in [0, 0.05) is 13.1 Å². The molecule has 0 bridgehead atoms. The zero-order valence-electron chi connectivity index (χ0n) is 14.9. The van der Waals surface area contributed by atoms with Crippen LogP contribution in [-0.4, -0.2) is 51.1 Å². The molecular weight excluding hydrogens is 258 g/mol. The van der Waals surface area contributed by atoms with Crippen molar-refractivity contribution in [2.45, 2.75) is 0 Å². The Bertz CT molecular complexity index is 414. The van der Waals surface area contributed by atoms with E-state index in [1.165, 1.54) is 0 Å². The molecule has 0 saturated heterocycles. The van der Waals surface area contributed by atoms with Gasteiger partial charge >= 0.3 is 37.7 Å². The Morgan fingerprint density at radius 1 is 0.682 bits per heavy atom. The molecule has 2 aromatic carbocycles. The molecule has 22 heavy (non-hydrogen) atoms. The molecule has 0 amide bonds. The van der Waals surface area contributed by atoms with Crippen LogP contribution in [0.2, 0.25) is 0 Å². The minimum Gasteiger partial charge on any atom is -0.308 e. The van der Waals surface area contributed by atoms with Crippen LogP contribution in [0.25, 0.3) is 11.1 Å². The van der Waals surface area contributed by atoms with Crippen molar-refractivity contribution >= 4 is 0 Å². The summed E-state index contributed by atoms with van der Waals surface area (Å²) < 4.78 is 0. The topological polar surface area (TPSA) is 6.48 Å². The largest absolute Gasteiger partial charge is 1.00 e. The first-order valence-corrected chi connectivity index (χ1v) is 6.83. The van der Waals surface area contributed by atoms with Gasteiger partial charge in [0.15, 0.2) is 0 Å². The molecule has 0 saturated carbocycles. The smallest absolute Gasteiger partial charge is 0.308 e. The number of nitrogens with zero attached hydrogens (tertiary/aromatic N) is 2. The average molecular weight is 282 g/mol. The summed E-state index contributed by atoms with van der Waals surface area (Å²) in [4.78, 5) is 4.36. The average Bonchev–Trinajstić information content (AvgIpc) is 2.48. The molecule has 2 rings (SSSR count). The van der Waals surface area contributed by atoms with E-state index in [0.29, 0.717) is 0 Å². The van der Waals surface area contributed by atoms with Crippen molar-refractivity contribution in [2.75, 3.05) is 41.3 Å². The normalized spacial score (nSPS) is 9.36. The Morgan fingerprint density at radius 3 is 1.27 bits per heavy atom. The molecule has 0 aliphatic heterocycles. The summed E-state index contributed by atoms with van der Waals surface area (Å²) >= 11 is 0. The quantitative estimate of drug-likeness (QED) is 0.438. The fourth-order valence-corrected chi connectivity index (χ4v) is 1.52. The van der Waals surface area contributed by atoms with Crippen LogP contribution >= 0.6 is 0 Å². The second-order valence-corrected chi connectivity index (χ2v) is 5.16. The Kier molecular flexibility index (Phi) is 15.3. The molecule has 0 spiro atoms. The van der Waals surface area contributed by atoms with E-state index in [9.17, 15) is 0 Å². The third-order valence-electron chi connectivity index (χ3n) is 2.70. The number of hydrogen-bond donors (Lipinski definition) is 0. The van der Waals surface area contributed by atoms with E-state index >= 15 is 0 Å². The minimum absolute atomic E-state index is 0. The van der Waals surface area contributed by atoms with Gasteiger partial charge < -0.3 is 9.80 Å². The van der Waals surface area contributed by atoms with E-state index in [1.807, 2.05) is 48.5 Å². The van der Waals surface area contributed by atoms with E-state index in [2.05, 4.69) is 50.1 Å². The minimum atomic E-state index is 0. The molecule has 108 valence electrons. The van der Waals surface area contributed by atoms with Crippen LogP contribution in [-0.2, 0) is 0 Å². The van der Waals surface area contributed by atoms with Crippen molar-refractivity contribution in [1.82, 2.24) is 9.80 Å². The van der Waals surface area contributed by atoms with E-state index in [0.717, 1.165) is 24.2 Å². The SMILES string of the molecule is CN(C)CCN(C)C.[Li+].[Li+].[c-]1ccccc1-c1[c-]cccc1. The first kappa shape index (κ1) is 23.8. The molecule has 0 aliphatic carbocycles. The number of likely N-dealkylation sites (N-methyl/N-ethyl adjacent to an activating group) is 2. The van der Waals surface area contributed by atoms with Gasteiger partial charge in [0.2, 0.25) is 0 Å². The predicted molar refractivity (Wildman–Crippen MR) is 86.7 cm³/mol. The van der Waals surface area contributed by atoms with Crippen molar-refractivity contribution in [3.63, 3.8) is 0 Å². The van der Waals surface area contributed by atoms with E-state index < -0.39 is 0 Å². The summed E-state index contributed by atoms with van der Waals surface area (Å²) in [5.41, 5.74) is 2.19. The Hall–Kier alpha value is -0.445. The maximum absolute atomic E-state index is 3.15. The fraction of sp³-hybridized carbons (Fsp3) is 0.333. The van der Waals surface area contributed by atoms with E-state index in [-0.39, 0.29) is 37.7 Å². The molecule has 2 nitrogen and oxygen atoms in total. The molecule has 0 radical (unpaired) electrons. The van der Waals surface area contributed by atoms with Gasteiger partial charge in [0.25, 0.3) is 0 Å². The molecule has 0 atom stereocenters. The zero-order valence-corrected chi connectivity index (χ0v) is 14.9. The second kappa shape index (κ2) is 14.2. The summed E-state index contributed by atoms with van der Waals surface area (Å²) in [7, 11) is 8.35. The van der Waals surface area contributed by atoms with Crippen LogP contribution < -0.4 is 37.7 Å². The summed E-state index contributed by atoms with van der Waals surface area (Å²) in [6.07, 6.45) is 0. The first-order valence-electron chi connectivity index (χ1n) is 6.83. The molecule has 0 heterocycles. The van der Waals surface area contributed by atoms with Crippen molar-refractivity contribution in [3.8, 4) is 11.1 Å². The third kappa shape index (κ3) is 11.2. The van der Waals surface area contributed by atoms with Crippen LogP contribution in [0.1, 0.15) is 0 Å². The first-order chi connectivity index (χ1) is 9.59. The third-order valence-corrected chi connectivity index (χ3v) is 2.70. The van der Waals surface area contributed by atoms with Crippen LogP contribution in [0, 0.1) is 12.1 Å². The number of hydrogen-bond acceptors (Lipinski definition) is 2. The zero-order chi connectivity index (χ0) is 14.8. The van der Waals surface area contributed by atoms with Crippen molar-refractivity contribution in [2.24, 2.45) is 0 Å². The monoisotopic (exact) mass is 282 g/mol. The van der Waals surface area contributed by atoms with Crippen molar-refractivity contribution in [1.29, 1.82) is 0 Å². The molecular formula is C18H24Li2N2. The van der Waals surface area contributed by atoms with Gasteiger partial charge in [0.1, 0.15) is 0 Å². The molecule has 0 fully saturated rings. The fourth-order valence-electron chi connectivity index (χ4n) is 1.52. The molecule has 2 aromatic rings. The maximum atomic E-state index is 3.15. The number of rotatable bonds is 4. The van der Waals surface area contributed by atoms with Gasteiger partial charge in [0.05, 0.1) is 0 Å². The van der Waals surface area contributed by atoms with Gasteiger partial charge in [-0.25, -0.2) is 11.1 Å². The summed E-state index contributed by atoms with van der Waals surface area (Å²) in [5, 5.41) is 0. The van der Waals surface area contributed by atoms with Crippen LogP contribution in [0.15, 0.2) is 48.5 Å². The Morgan fingerprint density at radius 2 is 1.05 bits per heavy atom. The van der Waals surface area contributed by atoms with E-state index in [4.69, 9.17) is 0 Å². The molecule has 4 heteroatoms. The van der Waals surface area contributed by atoms with Gasteiger partial charge in [-0.15, -0.1) is 12.1 Å². The van der Waals surface area contributed by atoms with Gasteiger partial charge in [-0.05, 0) is 28.2 Å². The summed E-state index contributed by atoms with van der Waals surface area (Å²) in [6.45, 7) is 2.29. The molecule has 0 N–H and O–H groups in total. The van der Waals surface area contributed by atoms with E-state index in [1.54, 1.807) is 0 Å². The van der Waals surface area contributed by atoms with Crippen molar-refractivity contribution in [3.05, 3.63) is 60.7 Å². The van der Waals surface area contributed by atoms with Gasteiger partial charge in [-0.1, -0.05) is 0 Å².